The largest absolute Gasteiger partial charge is 0.444 e. The smallest absolute Gasteiger partial charge is 0.407 e. The van der Waals surface area contributed by atoms with Gasteiger partial charge in [0.2, 0.25) is 0 Å². The molecule has 0 aromatic rings. The van der Waals surface area contributed by atoms with Crippen molar-refractivity contribution in [3.8, 4) is 0 Å². The Hall–Kier alpha value is -1.50. The van der Waals surface area contributed by atoms with Gasteiger partial charge in [-0.2, -0.15) is 0 Å². The molecule has 0 rings (SSSR count). The second-order valence-electron chi connectivity index (χ2n) is 8.35. The molecule has 28 heavy (non-hydrogen) atoms. The molecule has 0 fully saturated rings. The SMILES string of the molecule is CC(C)(C)OC(=O)NCCCN.CCCCC.CCCNC(=O)OC(C)(C)C. The molecule has 0 spiro atoms. The molecule has 0 saturated heterocycles. The quantitative estimate of drug-likeness (QED) is 0.518. The van der Waals surface area contributed by atoms with Crippen molar-refractivity contribution in [1.82, 2.24) is 10.6 Å². The number of hydrogen-bond acceptors (Lipinski definition) is 5. The van der Waals surface area contributed by atoms with E-state index in [0.717, 1.165) is 12.8 Å². The van der Waals surface area contributed by atoms with Crippen molar-refractivity contribution >= 4 is 12.2 Å². The van der Waals surface area contributed by atoms with Crippen LogP contribution < -0.4 is 16.4 Å². The van der Waals surface area contributed by atoms with E-state index < -0.39 is 11.2 Å². The van der Waals surface area contributed by atoms with Crippen LogP contribution in [0, 0.1) is 0 Å². The molecule has 0 aromatic heterocycles. The van der Waals surface area contributed by atoms with E-state index in [1.54, 1.807) is 0 Å². The van der Waals surface area contributed by atoms with Crippen molar-refractivity contribution in [2.24, 2.45) is 5.73 Å². The molecule has 170 valence electrons. The maximum atomic E-state index is 11.0. The van der Waals surface area contributed by atoms with Crippen molar-refractivity contribution < 1.29 is 19.1 Å². The van der Waals surface area contributed by atoms with Crippen molar-refractivity contribution in [2.45, 2.75) is 106 Å². The summed E-state index contributed by atoms with van der Waals surface area (Å²) in [6.45, 7) is 19.3. The number of carbonyl (C=O) groups excluding carboxylic acids is 2. The van der Waals surface area contributed by atoms with E-state index in [9.17, 15) is 9.59 Å². The maximum Gasteiger partial charge on any atom is 0.407 e. The zero-order valence-corrected chi connectivity index (χ0v) is 19.9. The fraction of sp³-hybridized carbons (Fsp3) is 0.905. The van der Waals surface area contributed by atoms with Crippen LogP contribution in [0.5, 0.6) is 0 Å². The summed E-state index contributed by atoms with van der Waals surface area (Å²) in [5.74, 6) is 0. The fourth-order valence-corrected chi connectivity index (χ4v) is 1.50. The molecule has 0 unspecified atom stereocenters. The summed E-state index contributed by atoms with van der Waals surface area (Å²) >= 11 is 0. The third kappa shape index (κ3) is 35.6. The maximum absolute atomic E-state index is 11.0. The number of rotatable bonds is 7. The van der Waals surface area contributed by atoms with E-state index in [1.807, 2.05) is 48.5 Å². The van der Waals surface area contributed by atoms with Crippen LogP contribution in [0.25, 0.3) is 0 Å². The normalized spacial score (nSPS) is 10.5. The topological polar surface area (TPSA) is 103 Å². The Morgan fingerprint density at radius 2 is 1.11 bits per heavy atom. The molecule has 0 radical (unpaired) electrons. The lowest BCUT2D eigenvalue weighted by Crippen LogP contribution is -2.33. The monoisotopic (exact) mass is 405 g/mol. The van der Waals surface area contributed by atoms with Gasteiger partial charge in [-0.05, 0) is 60.9 Å². The number of nitrogens with one attached hydrogen (secondary N) is 2. The van der Waals surface area contributed by atoms with Crippen LogP contribution in [0.2, 0.25) is 0 Å². The van der Waals surface area contributed by atoms with Gasteiger partial charge in [0.25, 0.3) is 0 Å². The van der Waals surface area contributed by atoms with Crippen LogP contribution >= 0.6 is 0 Å². The predicted octanol–water partition coefficient (Wildman–Crippen LogP) is 4.98. The second-order valence-corrected chi connectivity index (χ2v) is 8.35. The van der Waals surface area contributed by atoms with E-state index >= 15 is 0 Å². The number of unbranched alkanes of at least 4 members (excludes halogenated alkanes) is 2. The van der Waals surface area contributed by atoms with Gasteiger partial charge in [-0.15, -0.1) is 0 Å². The summed E-state index contributed by atoms with van der Waals surface area (Å²) in [6.07, 6.45) is 5.07. The molecule has 0 atom stereocenters. The highest BCUT2D eigenvalue weighted by molar-refractivity contribution is 5.67. The number of nitrogens with two attached hydrogens (primary N) is 1. The van der Waals surface area contributed by atoms with Crippen molar-refractivity contribution in [3.05, 3.63) is 0 Å². The highest BCUT2D eigenvalue weighted by Gasteiger charge is 2.15. The Bertz CT molecular complexity index is 373. The Morgan fingerprint density at radius 1 is 0.714 bits per heavy atom. The summed E-state index contributed by atoms with van der Waals surface area (Å²) in [4.78, 5) is 21.8. The van der Waals surface area contributed by atoms with Crippen LogP contribution in [-0.2, 0) is 9.47 Å². The third-order valence-corrected chi connectivity index (χ3v) is 2.67. The van der Waals surface area contributed by atoms with Gasteiger partial charge in [0, 0.05) is 13.1 Å². The van der Waals surface area contributed by atoms with E-state index in [1.165, 1.54) is 19.3 Å². The molecular weight excluding hydrogens is 358 g/mol. The first-order chi connectivity index (χ1) is 12.8. The summed E-state index contributed by atoms with van der Waals surface area (Å²) < 4.78 is 9.98. The van der Waals surface area contributed by atoms with Gasteiger partial charge < -0.3 is 25.8 Å². The highest BCUT2D eigenvalue weighted by Crippen LogP contribution is 2.06. The molecular formula is C21H47N3O4. The molecule has 0 aliphatic rings. The van der Waals surface area contributed by atoms with E-state index in [2.05, 4.69) is 24.5 Å². The number of hydrogen-bond donors (Lipinski definition) is 3. The molecule has 0 heterocycles. The zero-order valence-electron chi connectivity index (χ0n) is 19.9. The van der Waals surface area contributed by atoms with Gasteiger partial charge in [0.1, 0.15) is 11.2 Å². The first-order valence-electron chi connectivity index (χ1n) is 10.5. The van der Waals surface area contributed by atoms with E-state index in [0.29, 0.717) is 19.6 Å². The van der Waals surface area contributed by atoms with Crippen molar-refractivity contribution in [2.75, 3.05) is 19.6 Å². The molecule has 0 aromatic carbocycles. The lowest BCUT2D eigenvalue weighted by molar-refractivity contribution is 0.0516. The first kappa shape index (κ1) is 31.2. The summed E-state index contributed by atoms with van der Waals surface area (Å²) in [5.41, 5.74) is 4.44. The van der Waals surface area contributed by atoms with Gasteiger partial charge in [0.15, 0.2) is 0 Å². The van der Waals surface area contributed by atoms with Crippen LogP contribution in [0.3, 0.4) is 0 Å². The second kappa shape index (κ2) is 18.8. The first-order valence-corrected chi connectivity index (χ1v) is 10.5. The minimum Gasteiger partial charge on any atom is -0.444 e. The van der Waals surface area contributed by atoms with E-state index in [-0.39, 0.29) is 12.2 Å². The Balaban J connectivity index is -0.000000362. The summed E-state index contributed by atoms with van der Waals surface area (Å²) in [6, 6.07) is 0. The molecule has 2 amide bonds. The molecule has 4 N–H and O–H groups in total. The molecule has 0 aliphatic carbocycles. The zero-order chi connectivity index (χ0) is 22.6. The van der Waals surface area contributed by atoms with Crippen LogP contribution in [-0.4, -0.2) is 43.0 Å². The molecule has 0 bridgehead atoms. The molecule has 0 saturated carbocycles. The number of amides is 2. The minimum atomic E-state index is -0.424. The average Bonchev–Trinajstić information content (AvgIpc) is 2.52. The number of alkyl carbamates (subject to hydrolysis) is 2. The molecule has 7 heteroatoms. The van der Waals surface area contributed by atoms with Crippen LogP contribution in [0.15, 0.2) is 0 Å². The standard InChI is InChI=1S/C8H18N2O2.C8H17NO2.C5H12/c1-8(2,3)12-7(11)10-6-4-5-9;1-5-6-9-7(10)11-8(2,3)4;1-3-5-4-2/h4-6,9H2,1-3H3,(H,10,11);5-6H2,1-4H3,(H,9,10);3-5H2,1-2H3. The third-order valence-electron chi connectivity index (χ3n) is 2.67. The van der Waals surface area contributed by atoms with Crippen molar-refractivity contribution in [1.29, 1.82) is 0 Å². The Labute approximate surface area is 173 Å². The average molecular weight is 406 g/mol. The number of carbonyl (C=O) groups is 2. The van der Waals surface area contributed by atoms with Gasteiger partial charge in [-0.25, -0.2) is 9.59 Å². The Morgan fingerprint density at radius 3 is 1.36 bits per heavy atom. The van der Waals surface area contributed by atoms with E-state index in [4.69, 9.17) is 15.2 Å². The van der Waals surface area contributed by atoms with Gasteiger partial charge in [0.05, 0.1) is 0 Å². The van der Waals surface area contributed by atoms with Crippen molar-refractivity contribution in [3.63, 3.8) is 0 Å². The predicted molar refractivity (Wildman–Crippen MR) is 118 cm³/mol. The van der Waals surface area contributed by atoms with Gasteiger partial charge in [-0.1, -0.05) is 40.0 Å². The molecule has 0 aliphatic heterocycles. The fourth-order valence-electron chi connectivity index (χ4n) is 1.50. The summed E-state index contributed by atoms with van der Waals surface area (Å²) in [7, 11) is 0. The summed E-state index contributed by atoms with van der Waals surface area (Å²) in [5, 5.41) is 5.23. The van der Waals surface area contributed by atoms with Gasteiger partial charge >= 0.3 is 12.2 Å². The Kier molecular flexibility index (Phi) is 21.0. The number of ether oxygens (including phenoxy) is 2. The highest BCUT2D eigenvalue weighted by atomic mass is 16.6. The minimum absolute atomic E-state index is 0.334. The lowest BCUT2D eigenvalue weighted by atomic mass is 10.2. The molecule has 7 nitrogen and oxygen atoms in total. The van der Waals surface area contributed by atoms with Crippen LogP contribution in [0.4, 0.5) is 9.59 Å². The van der Waals surface area contributed by atoms with Crippen LogP contribution in [0.1, 0.15) is 94.4 Å². The van der Waals surface area contributed by atoms with Gasteiger partial charge in [-0.3, -0.25) is 0 Å². The lowest BCUT2D eigenvalue weighted by Gasteiger charge is -2.19.